The molecular weight excluding hydrogens is 399 g/mol. The van der Waals surface area contributed by atoms with Gasteiger partial charge in [-0.05, 0) is 49.3 Å². The van der Waals surface area contributed by atoms with Gasteiger partial charge in [0.25, 0.3) is 0 Å². The Bertz CT molecular complexity index is 826. The molecule has 0 saturated carbocycles. The van der Waals surface area contributed by atoms with Crippen LogP contribution in [-0.4, -0.2) is 29.1 Å². The van der Waals surface area contributed by atoms with Crippen molar-refractivity contribution < 1.29 is 18.0 Å². The molecule has 2 fully saturated rings. The van der Waals surface area contributed by atoms with Crippen molar-refractivity contribution in [1.82, 2.24) is 10.2 Å². The Morgan fingerprint density at radius 3 is 2.48 bits per heavy atom. The summed E-state index contributed by atoms with van der Waals surface area (Å²) in [6.45, 7) is 0.935. The molecule has 156 valence electrons. The molecule has 0 unspecified atom stereocenters. The van der Waals surface area contributed by atoms with E-state index >= 15 is 0 Å². The highest BCUT2D eigenvalue weighted by molar-refractivity contribution is 7.09. The van der Waals surface area contributed by atoms with Crippen LogP contribution in [-0.2, 0) is 12.7 Å². The van der Waals surface area contributed by atoms with Crippen LogP contribution in [0.15, 0.2) is 41.8 Å². The largest absolute Gasteiger partial charge is 0.418 e. The van der Waals surface area contributed by atoms with Crippen LogP contribution in [0.25, 0.3) is 0 Å². The van der Waals surface area contributed by atoms with Crippen molar-refractivity contribution >= 4 is 23.1 Å². The zero-order chi connectivity index (χ0) is 20.4. The van der Waals surface area contributed by atoms with Crippen molar-refractivity contribution in [3.63, 3.8) is 0 Å². The second kappa shape index (κ2) is 8.36. The van der Waals surface area contributed by atoms with Crippen molar-refractivity contribution in [2.24, 2.45) is 0 Å². The third kappa shape index (κ3) is 4.75. The van der Waals surface area contributed by atoms with Crippen LogP contribution in [0.4, 0.5) is 23.7 Å². The molecule has 3 heterocycles. The number of hydrogen-bond donors (Lipinski definition) is 2. The molecule has 0 radical (unpaired) electrons. The maximum Gasteiger partial charge on any atom is 0.418 e. The summed E-state index contributed by atoms with van der Waals surface area (Å²) in [5.41, 5.74) is -1.05. The Kier molecular flexibility index (Phi) is 5.83. The SMILES string of the molecule is O=C(Nc1ccccc1C(F)(F)F)NC1C[C@@H]2CCC[C@@H](C1)N2Cc1cccs1. The van der Waals surface area contributed by atoms with Gasteiger partial charge in [-0.3, -0.25) is 4.90 Å². The van der Waals surface area contributed by atoms with E-state index in [9.17, 15) is 18.0 Å². The maximum absolute atomic E-state index is 13.1. The van der Waals surface area contributed by atoms with Crippen molar-refractivity contribution in [1.29, 1.82) is 0 Å². The molecule has 2 aliphatic heterocycles. The molecule has 2 N–H and O–H groups in total. The number of benzene rings is 1. The van der Waals surface area contributed by atoms with Gasteiger partial charge in [-0.15, -0.1) is 11.3 Å². The molecule has 0 spiro atoms. The van der Waals surface area contributed by atoms with Crippen molar-refractivity contribution in [3.8, 4) is 0 Å². The van der Waals surface area contributed by atoms with Crippen LogP contribution in [0.3, 0.4) is 0 Å². The number of anilines is 1. The summed E-state index contributed by atoms with van der Waals surface area (Å²) in [5.74, 6) is 0. The van der Waals surface area contributed by atoms with E-state index in [1.807, 2.05) is 0 Å². The minimum Gasteiger partial charge on any atom is -0.335 e. The second-order valence-electron chi connectivity index (χ2n) is 7.80. The van der Waals surface area contributed by atoms with Gasteiger partial charge < -0.3 is 10.6 Å². The molecule has 1 aromatic heterocycles. The predicted molar refractivity (Wildman–Crippen MR) is 108 cm³/mol. The fourth-order valence-corrected chi connectivity index (χ4v) is 5.33. The smallest absolute Gasteiger partial charge is 0.335 e. The second-order valence-corrected chi connectivity index (χ2v) is 8.83. The highest BCUT2D eigenvalue weighted by Gasteiger charge is 2.39. The molecule has 1 aromatic carbocycles. The minimum atomic E-state index is -4.51. The Balaban J connectivity index is 1.38. The standard InChI is InChI=1S/C21H24F3N3OS/c22-21(23,24)18-8-1-2-9-19(18)26-20(28)25-14-11-15-5-3-6-16(12-14)27(15)13-17-7-4-10-29-17/h1-2,4,7-10,14-16H,3,5-6,11-13H2,(H2,25,26,28)/t15-,16-/m0/s1. The number of nitrogens with zero attached hydrogens (tertiary/aromatic N) is 1. The number of para-hydroxylation sites is 1. The van der Waals surface area contributed by atoms with Gasteiger partial charge in [0.2, 0.25) is 0 Å². The molecule has 2 aliphatic rings. The fourth-order valence-electron chi connectivity index (χ4n) is 4.62. The van der Waals surface area contributed by atoms with Crippen molar-refractivity contribution in [3.05, 3.63) is 52.2 Å². The number of hydrogen-bond acceptors (Lipinski definition) is 3. The Morgan fingerprint density at radius 1 is 1.10 bits per heavy atom. The molecule has 2 aromatic rings. The summed E-state index contributed by atoms with van der Waals surface area (Å²) in [7, 11) is 0. The van der Waals surface area contributed by atoms with Gasteiger partial charge in [-0.1, -0.05) is 24.6 Å². The number of nitrogens with one attached hydrogen (secondary N) is 2. The minimum absolute atomic E-state index is 0.0251. The van der Waals surface area contributed by atoms with Crippen LogP contribution in [0, 0.1) is 0 Å². The lowest BCUT2D eigenvalue weighted by molar-refractivity contribution is -0.136. The van der Waals surface area contributed by atoms with Gasteiger partial charge in [-0.2, -0.15) is 13.2 Å². The predicted octanol–water partition coefficient (Wildman–Crippen LogP) is 5.47. The van der Waals surface area contributed by atoms with Gasteiger partial charge in [-0.25, -0.2) is 4.79 Å². The zero-order valence-electron chi connectivity index (χ0n) is 15.9. The molecule has 2 amide bonds. The first kappa shape index (κ1) is 20.2. The van der Waals surface area contributed by atoms with E-state index in [4.69, 9.17) is 0 Å². The Hall–Kier alpha value is -2.06. The van der Waals surface area contributed by atoms with Crippen LogP contribution in [0.1, 0.15) is 42.5 Å². The van der Waals surface area contributed by atoms with E-state index < -0.39 is 17.8 Å². The van der Waals surface area contributed by atoms with E-state index in [1.54, 1.807) is 11.3 Å². The number of alkyl halides is 3. The van der Waals surface area contributed by atoms with Gasteiger partial charge in [0.15, 0.2) is 0 Å². The molecule has 29 heavy (non-hydrogen) atoms. The molecular formula is C21H24F3N3OS. The molecule has 2 atom stereocenters. The van der Waals surface area contributed by atoms with Crippen LogP contribution < -0.4 is 10.6 Å². The molecule has 4 rings (SSSR count). The number of thiophene rings is 1. The van der Waals surface area contributed by atoms with Crippen molar-refractivity contribution in [2.75, 3.05) is 5.32 Å². The average molecular weight is 424 g/mol. The lowest BCUT2D eigenvalue weighted by atomic mass is 9.81. The molecule has 2 saturated heterocycles. The number of carbonyl (C=O) groups is 1. The molecule has 2 bridgehead atoms. The molecule has 4 nitrogen and oxygen atoms in total. The Morgan fingerprint density at radius 2 is 1.83 bits per heavy atom. The summed E-state index contributed by atoms with van der Waals surface area (Å²) in [5, 5.41) is 7.39. The van der Waals surface area contributed by atoms with Crippen LogP contribution in [0.5, 0.6) is 0 Å². The number of piperidine rings is 2. The first-order valence-electron chi connectivity index (χ1n) is 9.92. The van der Waals surface area contributed by atoms with E-state index in [0.717, 1.165) is 38.3 Å². The van der Waals surface area contributed by atoms with Crippen molar-refractivity contribution in [2.45, 2.75) is 63.0 Å². The fraction of sp³-hybridized carbons (Fsp3) is 0.476. The van der Waals surface area contributed by atoms with E-state index in [-0.39, 0.29) is 11.7 Å². The quantitative estimate of drug-likeness (QED) is 0.685. The first-order chi connectivity index (χ1) is 13.9. The van der Waals surface area contributed by atoms with Gasteiger partial charge in [0.1, 0.15) is 0 Å². The summed E-state index contributed by atoms with van der Waals surface area (Å²) in [6, 6.07) is 9.47. The monoisotopic (exact) mass is 423 g/mol. The van der Waals surface area contributed by atoms with E-state index in [1.165, 1.54) is 29.5 Å². The summed E-state index contributed by atoms with van der Waals surface area (Å²) < 4.78 is 39.4. The van der Waals surface area contributed by atoms with Crippen LogP contribution in [0.2, 0.25) is 0 Å². The third-order valence-electron chi connectivity index (χ3n) is 5.86. The lowest BCUT2D eigenvalue weighted by Gasteiger charge is -2.49. The highest BCUT2D eigenvalue weighted by Crippen LogP contribution is 2.36. The molecule has 0 aliphatic carbocycles. The lowest BCUT2D eigenvalue weighted by Crippen LogP contribution is -2.56. The van der Waals surface area contributed by atoms with Gasteiger partial charge >= 0.3 is 12.2 Å². The van der Waals surface area contributed by atoms with Gasteiger partial charge in [0, 0.05) is 29.5 Å². The first-order valence-corrected chi connectivity index (χ1v) is 10.8. The highest BCUT2D eigenvalue weighted by atomic mass is 32.1. The average Bonchev–Trinajstić information content (AvgIpc) is 3.15. The van der Waals surface area contributed by atoms with E-state index in [0.29, 0.717) is 12.1 Å². The van der Waals surface area contributed by atoms with E-state index in [2.05, 4.69) is 33.0 Å². The Labute approximate surface area is 172 Å². The summed E-state index contributed by atoms with van der Waals surface area (Å²) in [4.78, 5) is 16.3. The zero-order valence-corrected chi connectivity index (χ0v) is 16.7. The topological polar surface area (TPSA) is 44.4 Å². The third-order valence-corrected chi connectivity index (χ3v) is 6.72. The van der Waals surface area contributed by atoms with Crippen LogP contribution >= 0.6 is 11.3 Å². The summed E-state index contributed by atoms with van der Waals surface area (Å²) in [6.07, 6.45) is 0.533. The number of amides is 2. The summed E-state index contributed by atoms with van der Waals surface area (Å²) >= 11 is 1.76. The number of carbonyl (C=O) groups excluding carboxylic acids is 1. The number of urea groups is 1. The van der Waals surface area contributed by atoms with Gasteiger partial charge in [0.05, 0.1) is 11.3 Å². The molecule has 8 heteroatoms. The maximum atomic E-state index is 13.1. The number of halogens is 3. The number of rotatable bonds is 4. The number of fused-ring (bicyclic) bond motifs is 2. The normalized spacial score (nSPS) is 24.9.